The summed E-state index contributed by atoms with van der Waals surface area (Å²) in [6, 6.07) is 0.648. The maximum absolute atomic E-state index is 12.7. The molecule has 144 valence electrons. The lowest BCUT2D eigenvalue weighted by Gasteiger charge is -2.77. The molecule has 3 aliphatic carbocycles. The fraction of sp³-hybridized carbons (Fsp3) is 0.957. The Hall–Kier alpha value is -0.570. The van der Waals surface area contributed by atoms with Crippen molar-refractivity contribution in [2.75, 3.05) is 13.1 Å². The molecule has 3 spiro atoms. The van der Waals surface area contributed by atoms with E-state index in [1.165, 1.54) is 51.6 Å². The van der Waals surface area contributed by atoms with E-state index < -0.39 is 0 Å². The van der Waals surface area contributed by atoms with Crippen molar-refractivity contribution in [2.24, 2.45) is 34.0 Å². The topological polar surface area (TPSA) is 29.5 Å². The van der Waals surface area contributed by atoms with Crippen molar-refractivity contribution in [3.8, 4) is 0 Å². The minimum Gasteiger partial charge on any atom is -0.458 e. The Morgan fingerprint density at radius 1 is 1.12 bits per heavy atom. The molecular weight excluding hydrogens is 322 g/mol. The first-order valence-electron chi connectivity index (χ1n) is 11.4. The third kappa shape index (κ3) is 1.44. The predicted octanol–water partition coefficient (Wildman–Crippen LogP) is 4.40. The highest BCUT2D eigenvalue weighted by Gasteiger charge is 2.83. The van der Waals surface area contributed by atoms with Crippen LogP contribution in [0.1, 0.15) is 78.6 Å². The maximum Gasteiger partial charge on any atom is 0.306 e. The lowest BCUT2D eigenvalue weighted by atomic mass is 9.35. The quantitative estimate of drug-likeness (QED) is 0.652. The van der Waals surface area contributed by atoms with Crippen molar-refractivity contribution in [1.82, 2.24) is 4.90 Å². The van der Waals surface area contributed by atoms with Gasteiger partial charge in [0.15, 0.2) is 0 Å². The summed E-state index contributed by atoms with van der Waals surface area (Å²) in [5.74, 6) is 2.42. The van der Waals surface area contributed by atoms with E-state index >= 15 is 0 Å². The second kappa shape index (κ2) is 4.70. The Morgan fingerprint density at radius 3 is 2.77 bits per heavy atom. The number of carbonyl (C=O) groups is 1. The van der Waals surface area contributed by atoms with Crippen molar-refractivity contribution < 1.29 is 9.53 Å². The zero-order valence-electron chi connectivity index (χ0n) is 16.9. The van der Waals surface area contributed by atoms with Gasteiger partial charge in [0.1, 0.15) is 5.60 Å². The highest BCUT2D eigenvalue weighted by Crippen LogP contribution is 2.80. The standard InChI is InChI=1S/C23H35NO2/c1-15(2)17-6-10-20(3)16-5-11-21-8-4-9-23(21)22(20,12-7-18(25)26-23)19(17)24(13-16)14-21/h15-17,19H,4-14H2,1-3H3. The molecule has 7 aliphatic rings. The van der Waals surface area contributed by atoms with Gasteiger partial charge in [-0.3, -0.25) is 9.69 Å². The second-order valence-corrected chi connectivity index (χ2v) is 11.4. The van der Waals surface area contributed by atoms with Crippen molar-refractivity contribution in [3.63, 3.8) is 0 Å². The van der Waals surface area contributed by atoms with Gasteiger partial charge in [0.05, 0.1) is 0 Å². The van der Waals surface area contributed by atoms with Crippen LogP contribution in [0.4, 0.5) is 0 Å². The molecule has 7 rings (SSSR count). The van der Waals surface area contributed by atoms with Crippen LogP contribution in [0.25, 0.3) is 0 Å². The summed E-state index contributed by atoms with van der Waals surface area (Å²) in [4.78, 5) is 15.6. The summed E-state index contributed by atoms with van der Waals surface area (Å²) < 4.78 is 6.66. The van der Waals surface area contributed by atoms with Crippen LogP contribution in [0.15, 0.2) is 0 Å². The fourth-order valence-corrected chi connectivity index (χ4v) is 9.99. The van der Waals surface area contributed by atoms with Gasteiger partial charge in [-0.05, 0) is 74.5 Å². The van der Waals surface area contributed by atoms with E-state index in [1.807, 2.05) is 0 Å². The molecule has 8 unspecified atom stereocenters. The molecule has 8 atom stereocenters. The number of fused-ring (bicyclic) bond motifs is 1. The van der Waals surface area contributed by atoms with Crippen LogP contribution >= 0.6 is 0 Å². The van der Waals surface area contributed by atoms with E-state index in [2.05, 4.69) is 25.7 Å². The highest BCUT2D eigenvalue weighted by molar-refractivity contribution is 5.72. The molecule has 3 nitrogen and oxygen atoms in total. The molecule has 3 saturated carbocycles. The van der Waals surface area contributed by atoms with Crippen molar-refractivity contribution in [1.29, 1.82) is 0 Å². The van der Waals surface area contributed by atoms with Crippen LogP contribution < -0.4 is 0 Å². The summed E-state index contributed by atoms with van der Waals surface area (Å²) in [6.45, 7) is 10.0. The highest BCUT2D eigenvalue weighted by atomic mass is 16.6. The lowest BCUT2D eigenvalue weighted by Crippen LogP contribution is -2.83. The van der Waals surface area contributed by atoms with E-state index in [0.717, 1.165) is 30.6 Å². The zero-order valence-corrected chi connectivity index (χ0v) is 16.9. The first kappa shape index (κ1) is 16.4. The van der Waals surface area contributed by atoms with Crippen molar-refractivity contribution in [2.45, 2.75) is 90.2 Å². The van der Waals surface area contributed by atoms with Gasteiger partial charge in [0.2, 0.25) is 0 Å². The number of nitrogens with zero attached hydrogens (tertiary/aromatic N) is 1. The predicted molar refractivity (Wildman–Crippen MR) is 101 cm³/mol. The van der Waals surface area contributed by atoms with Gasteiger partial charge in [-0.1, -0.05) is 20.8 Å². The van der Waals surface area contributed by atoms with Gasteiger partial charge in [0, 0.05) is 36.4 Å². The van der Waals surface area contributed by atoms with E-state index in [4.69, 9.17) is 4.74 Å². The average Bonchev–Trinajstić information content (AvgIpc) is 2.79. The van der Waals surface area contributed by atoms with E-state index in [0.29, 0.717) is 17.9 Å². The molecule has 4 aliphatic heterocycles. The summed E-state index contributed by atoms with van der Waals surface area (Å²) in [7, 11) is 0. The maximum atomic E-state index is 12.7. The molecule has 0 aromatic carbocycles. The normalized spacial score (nSPS) is 59.8. The average molecular weight is 358 g/mol. The Labute approximate surface area is 158 Å². The van der Waals surface area contributed by atoms with Gasteiger partial charge < -0.3 is 4.74 Å². The van der Waals surface area contributed by atoms with Crippen molar-refractivity contribution in [3.05, 3.63) is 0 Å². The van der Waals surface area contributed by atoms with Gasteiger partial charge in [0.25, 0.3) is 0 Å². The Bertz CT molecular complexity index is 675. The third-order valence-electron chi connectivity index (χ3n) is 10.8. The van der Waals surface area contributed by atoms with Crippen LogP contribution in [0, 0.1) is 34.0 Å². The zero-order chi connectivity index (χ0) is 17.9. The molecule has 3 heteroatoms. The minimum atomic E-state index is -0.145. The molecule has 0 N–H and O–H groups in total. The molecule has 26 heavy (non-hydrogen) atoms. The lowest BCUT2D eigenvalue weighted by molar-refractivity contribution is -0.335. The Balaban J connectivity index is 1.66. The smallest absolute Gasteiger partial charge is 0.306 e. The molecule has 0 amide bonds. The largest absolute Gasteiger partial charge is 0.458 e. The molecule has 0 radical (unpaired) electrons. The summed E-state index contributed by atoms with van der Waals surface area (Å²) in [5.41, 5.74) is 0.695. The Kier molecular flexibility index (Phi) is 2.96. The van der Waals surface area contributed by atoms with E-state index in [1.54, 1.807) is 0 Å². The van der Waals surface area contributed by atoms with Crippen LogP contribution in [-0.2, 0) is 9.53 Å². The molecule has 7 fully saturated rings. The molecule has 4 saturated heterocycles. The number of carbonyl (C=O) groups excluding carboxylic acids is 1. The summed E-state index contributed by atoms with van der Waals surface area (Å²) in [5, 5.41) is 0. The van der Waals surface area contributed by atoms with Gasteiger partial charge >= 0.3 is 5.97 Å². The SMILES string of the molecule is CC(C)C1CCC2(C)C3CCC45CCCC46OC(=O)CCC26C1N(C3)C5. The summed E-state index contributed by atoms with van der Waals surface area (Å²) >= 11 is 0. The van der Waals surface area contributed by atoms with E-state index in [-0.39, 0.29) is 22.4 Å². The fourth-order valence-electron chi connectivity index (χ4n) is 9.99. The number of ether oxygens (including phenoxy) is 1. The van der Waals surface area contributed by atoms with Gasteiger partial charge in [-0.25, -0.2) is 0 Å². The van der Waals surface area contributed by atoms with Crippen LogP contribution in [0.3, 0.4) is 0 Å². The number of esters is 1. The monoisotopic (exact) mass is 357 g/mol. The molecule has 0 aromatic rings. The van der Waals surface area contributed by atoms with Gasteiger partial charge in [-0.15, -0.1) is 0 Å². The first-order valence-corrected chi connectivity index (χ1v) is 11.4. The molecule has 4 heterocycles. The first-order chi connectivity index (χ1) is 12.4. The molecule has 6 bridgehead atoms. The molecular formula is C23H35NO2. The van der Waals surface area contributed by atoms with Crippen LogP contribution in [0.5, 0.6) is 0 Å². The second-order valence-electron chi connectivity index (χ2n) is 11.4. The summed E-state index contributed by atoms with van der Waals surface area (Å²) in [6.07, 6.45) is 10.9. The van der Waals surface area contributed by atoms with E-state index in [9.17, 15) is 4.79 Å². The number of hydrogen-bond acceptors (Lipinski definition) is 3. The number of rotatable bonds is 1. The van der Waals surface area contributed by atoms with Crippen LogP contribution in [0.2, 0.25) is 0 Å². The third-order valence-corrected chi connectivity index (χ3v) is 10.8. The number of hydrogen-bond donors (Lipinski definition) is 0. The van der Waals surface area contributed by atoms with Gasteiger partial charge in [-0.2, -0.15) is 0 Å². The van der Waals surface area contributed by atoms with Crippen LogP contribution in [-0.4, -0.2) is 35.6 Å². The Morgan fingerprint density at radius 2 is 1.96 bits per heavy atom. The number of piperidine rings is 2. The minimum absolute atomic E-state index is 0.113. The van der Waals surface area contributed by atoms with Crippen molar-refractivity contribution >= 4 is 5.97 Å². The molecule has 0 aromatic heterocycles.